The quantitative estimate of drug-likeness (QED) is 0.490. The lowest BCUT2D eigenvalue weighted by atomic mass is 10.1. The molecule has 2 aliphatic rings. The average Bonchev–Trinajstić information content (AvgIpc) is 3.32. The van der Waals surface area contributed by atoms with Gasteiger partial charge in [-0.3, -0.25) is 9.69 Å². The van der Waals surface area contributed by atoms with Crippen LogP contribution >= 0.6 is 24.0 Å². The number of thioether (sulfide) groups is 1. The van der Waals surface area contributed by atoms with Crippen LogP contribution in [0.5, 0.6) is 5.75 Å². The van der Waals surface area contributed by atoms with E-state index in [4.69, 9.17) is 21.4 Å². The van der Waals surface area contributed by atoms with Crippen LogP contribution in [0.3, 0.4) is 0 Å². The number of carbonyl (C=O) groups excluding carboxylic acids is 1. The zero-order valence-corrected chi connectivity index (χ0v) is 18.1. The number of piperidine rings is 1. The Kier molecular flexibility index (Phi) is 6.25. The molecule has 0 N–H and O–H groups in total. The Labute approximate surface area is 180 Å². The number of carbonyl (C=O) groups is 1. The zero-order valence-electron chi connectivity index (χ0n) is 16.4. The molecule has 0 saturated carbocycles. The molecule has 3 heterocycles. The van der Waals surface area contributed by atoms with Gasteiger partial charge in [-0.1, -0.05) is 36.1 Å². The maximum absolute atomic E-state index is 12.8. The summed E-state index contributed by atoms with van der Waals surface area (Å²) in [6.45, 7) is 2.62. The highest BCUT2D eigenvalue weighted by Gasteiger charge is 2.32. The van der Waals surface area contributed by atoms with Gasteiger partial charge in [0.25, 0.3) is 5.91 Å². The zero-order chi connectivity index (χ0) is 20.2. The van der Waals surface area contributed by atoms with Gasteiger partial charge in [0.05, 0.1) is 12.0 Å². The number of hydrogen-bond donors (Lipinski definition) is 0. The maximum Gasteiger partial charge on any atom is 0.266 e. The third-order valence-corrected chi connectivity index (χ3v) is 6.59. The molecule has 4 rings (SSSR count). The van der Waals surface area contributed by atoms with E-state index in [0.717, 1.165) is 36.7 Å². The molecule has 0 bridgehead atoms. The van der Waals surface area contributed by atoms with E-state index in [-0.39, 0.29) is 5.91 Å². The molecule has 2 saturated heterocycles. The summed E-state index contributed by atoms with van der Waals surface area (Å²) in [5.74, 6) is 2.35. The Hall–Kier alpha value is -2.25. The van der Waals surface area contributed by atoms with E-state index in [1.54, 1.807) is 18.1 Å². The number of rotatable bonds is 6. The molecule has 0 atom stereocenters. The average molecular weight is 429 g/mol. The Morgan fingerprint density at radius 3 is 2.62 bits per heavy atom. The Bertz CT molecular complexity index is 914. The first-order valence-electron chi connectivity index (χ1n) is 9.87. The first kappa shape index (κ1) is 20.0. The number of ether oxygens (including phenoxy) is 1. The maximum atomic E-state index is 12.8. The minimum atomic E-state index is -0.0514. The Balaban J connectivity index is 1.40. The first-order valence-corrected chi connectivity index (χ1v) is 11.1. The highest BCUT2D eigenvalue weighted by Crippen LogP contribution is 2.34. The third-order valence-electron chi connectivity index (χ3n) is 5.21. The highest BCUT2D eigenvalue weighted by atomic mass is 32.2. The van der Waals surface area contributed by atoms with Crippen LogP contribution in [0.15, 0.2) is 45.7 Å². The van der Waals surface area contributed by atoms with Crippen molar-refractivity contribution in [3.8, 4) is 5.75 Å². The van der Waals surface area contributed by atoms with Gasteiger partial charge < -0.3 is 14.1 Å². The van der Waals surface area contributed by atoms with Crippen LogP contribution in [0.1, 0.15) is 30.6 Å². The molecule has 0 unspecified atom stereocenters. The number of hydrogen-bond acceptors (Lipinski definition) is 6. The molecular weight excluding hydrogens is 404 g/mol. The number of furan rings is 1. The van der Waals surface area contributed by atoms with Crippen molar-refractivity contribution in [3.05, 3.63) is 52.6 Å². The molecule has 0 aliphatic carbocycles. The molecule has 29 heavy (non-hydrogen) atoms. The van der Waals surface area contributed by atoms with Crippen molar-refractivity contribution < 1.29 is 13.9 Å². The molecule has 7 heteroatoms. The van der Waals surface area contributed by atoms with E-state index >= 15 is 0 Å². The summed E-state index contributed by atoms with van der Waals surface area (Å²) < 4.78 is 11.7. The van der Waals surface area contributed by atoms with Gasteiger partial charge in [-0.25, -0.2) is 0 Å². The number of thiocarbonyl (C=S) groups is 1. The van der Waals surface area contributed by atoms with E-state index in [2.05, 4.69) is 4.90 Å². The van der Waals surface area contributed by atoms with Crippen molar-refractivity contribution in [2.45, 2.75) is 25.7 Å². The van der Waals surface area contributed by atoms with Gasteiger partial charge in [-0.05, 0) is 49.4 Å². The lowest BCUT2D eigenvalue weighted by Crippen LogP contribution is -2.30. The van der Waals surface area contributed by atoms with Gasteiger partial charge in [0.1, 0.15) is 15.8 Å². The predicted molar refractivity (Wildman–Crippen MR) is 121 cm³/mol. The normalized spacial score (nSPS) is 18.7. The molecule has 2 aromatic rings. The molecule has 2 fully saturated rings. The van der Waals surface area contributed by atoms with E-state index < -0.39 is 0 Å². The third kappa shape index (κ3) is 4.67. The number of anilines is 1. The van der Waals surface area contributed by atoms with Crippen LogP contribution in [-0.4, -0.2) is 41.9 Å². The van der Waals surface area contributed by atoms with Crippen LogP contribution in [0.4, 0.5) is 5.88 Å². The summed E-state index contributed by atoms with van der Waals surface area (Å²) >= 11 is 6.78. The number of methoxy groups -OCH3 is 1. The standard InChI is InChI=1S/C22H24N2O3S2/c1-26-17-7-5-16(6-8-17)11-14-24-21(25)19(29-22(24)28)15-18-9-10-20(27-18)23-12-3-2-4-13-23/h5-10,15H,2-4,11-14H2,1H3. The molecule has 2 aliphatic heterocycles. The number of amides is 1. The van der Waals surface area contributed by atoms with E-state index in [1.165, 1.54) is 31.0 Å². The fraction of sp³-hybridized carbons (Fsp3) is 0.364. The fourth-order valence-electron chi connectivity index (χ4n) is 3.56. The fourth-order valence-corrected chi connectivity index (χ4v) is 4.85. The molecule has 152 valence electrons. The van der Waals surface area contributed by atoms with Crippen molar-refractivity contribution in [1.29, 1.82) is 0 Å². The lowest BCUT2D eigenvalue weighted by Gasteiger charge is -2.25. The molecule has 1 aromatic carbocycles. The molecule has 1 aromatic heterocycles. The highest BCUT2D eigenvalue weighted by molar-refractivity contribution is 8.26. The van der Waals surface area contributed by atoms with Crippen LogP contribution < -0.4 is 9.64 Å². The van der Waals surface area contributed by atoms with Crippen LogP contribution in [0.2, 0.25) is 0 Å². The van der Waals surface area contributed by atoms with E-state index in [9.17, 15) is 4.79 Å². The van der Waals surface area contributed by atoms with Crippen LogP contribution in [0, 0.1) is 0 Å². The molecule has 0 spiro atoms. The van der Waals surface area contributed by atoms with Crippen LogP contribution in [0.25, 0.3) is 6.08 Å². The second kappa shape index (κ2) is 9.05. The summed E-state index contributed by atoms with van der Waals surface area (Å²) in [6, 6.07) is 11.8. The van der Waals surface area contributed by atoms with Crippen molar-refractivity contribution >= 4 is 46.2 Å². The number of benzene rings is 1. The summed E-state index contributed by atoms with van der Waals surface area (Å²) in [5, 5.41) is 0. The summed E-state index contributed by atoms with van der Waals surface area (Å²) in [4.78, 5) is 17.4. The van der Waals surface area contributed by atoms with Gasteiger partial charge in [0.15, 0.2) is 5.88 Å². The SMILES string of the molecule is COc1ccc(CCN2C(=O)C(=Cc3ccc(N4CCCCC4)o3)SC2=S)cc1. The topological polar surface area (TPSA) is 45.9 Å². The monoisotopic (exact) mass is 428 g/mol. The largest absolute Gasteiger partial charge is 0.497 e. The van der Waals surface area contributed by atoms with Gasteiger partial charge in [-0.15, -0.1) is 0 Å². The van der Waals surface area contributed by atoms with Gasteiger partial charge in [-0.2, -0.15) is 0 Å². The van der Waals surface area contributed by atoms with Gasteiger partial charge in [0, 0.05) is 31.8 Å². The van der Waals surface area contributed by atoms with Crippen molar-refractivity contribution in [1.82, 2.24) is 4.90 Å². The lowest BCUT2D eigenvalue weighted by molar-refractivity contribution is -0.122. The molecule has 1 amide bonds. The first-order chi connectivity index (χ1) is 14.1. The second-order valence-corrected chi connectivity index (χ2v) is 8.83. The summed E-state index contributed by atoms with van der Waals surface area (Å²) in [6.07, 6.45) is 6.22. The van der Waals surface area contributed by atoms with E-state index in [1.807, 2.05) is 36.4 Å². The van der Waals surface area contributed by atoms with E-state index in [0.29, 0.717) is 21.5 Å². The second-order valence-electron chi connectivity index (χ2n) is 7.16. The van der Waals surface area contributed by atoms with Crippen molar-refractivity contribution in [2.75, 3.05) is 31.6 Å². The van der Waals surface area contributed by atoms with Crippen LogP contribution in [-0.2, 0) is 11.2 Å². The minimum absolute atomic E-state index is 0.0514. The van der Waals surface area contributed by atoms with Gasteiger partial charge in [0.2, 0.25) is 0 Å². The smallest absolute Gasteiger partial charge is 0.266 e. The summed E-state index contributed by atoms with van der Waals surface area (Å²) in [7, 11) is 1.65. The molecule has 5 nitrogen and oxygen atoms in total. The molecular formula is C22H24N2O3S2. The summed E-state index contributed by atoms with van der Waals surface area (Å²) in [5.41, 5.74) is 1.14. The predicted octanol–water partition coefficient (Wildman–Crippen LogP) is 4.72. The van der Waals surface area contributed by atoms with Crippen molar-refractivity contribution in [2.24, 2.45) is 0 Å². The minimum Gasteiger partial charge on any atom is -0.497 e. The molecule has 0 radical (unpaired) electrons. The van der Waals surface area contributed by atoms with Crippen molar-refractivity contribution in [3.63, 3.8) is 0 Å². The van der Waals surface area contributed by atoms with Gasteiger partial charge >= 0.3 is 0 Å². The Morgan fingerprint density at radius 1 is 1.14 bits per heavy atom. The number of nitrogens with zero attached hydrogens (tertiary/aromatic N) is 2. The Morgan fingerprint density at radius 2 is 1.90 bits per heavy atom.